The van der Waals surface area contributed by atoms with E-state index in [1.54, 1.807) is 0 Å². The van der Waals surface area contributed by atoms with Crippen molar-refractivity contribution in [2.75, 3.05) is 6.61 Å². The number of alkyl carbamates (subject to hydrolysis) is 1. The van der Waals surface area contributed by atoms with E-state index in [1.165, 1.54) is 0 Å². The number of hydrogen-bond donors (Lipinski definition) is 1. The van der Waals surface area contributed by atoms with Gasteiger partial charge < -0.3 is 10.1 Å². The minimum absolute atomic E-state index is 0.262. The van der Waals surface area contributed by atoms with Gasteiger partial charge in [-0.2, -0.15) is 13.2 Å². The quantitative estimate of drug-likeness (QED) is 0.886. The van der Waals surface area contributed by atoms with Crippen LogP contribution in [0, 0.1) is 0 Å². The zero-order valence-corrected chi connectivity index (χ0v) is 9.46. The number of aryl methyl sites for hydroxylation is 1. The monoisotopic (exact) mass is 259 g/mol. The van der Waals surface area contributed by atoms with Crippen LogP contribution in [-0.2, 0) is 11.2 Å². The van der Waals surface area contributed by atoms with Gasteiger partial charge in [-0.25, -0.2) is 4.79 Å². The number of ether oxygens (including phenoxy) is 1. The Bertz CT molecular complexity index is 445. The SMILES string of the molecule is O=C(NC1CCc2ccccc21)OCC(F)(F)F. The summed E-state index contributed by atoms with van der Waals surface area (Å²) in [6.45, 7) is -1.56. The molecule has 1 aromatic rings. The second-order valence-corrected chi connectivity index (χ2v) is 4.13. The normalized spacial score (nSPS) is 18.3. The van der Waals surface area contributed by atoms with Crippen LogP contribution in [0.5, 0.6) is 0 Å². The van der Waals surface area contributed by atoms with Crippen LogP contribution in [0.25, 0.3) is 0 Å². The fraction of sp³-hybridized carbons (Fsp3) is 0.417. The van der Waals surface area contributed by atoms with E-state index in [-0.39, 0.29) is 6.04 Å². The fourth-order valence-corrected chi connectivity index (χ4v) is 2.04. The van der Waals surface area contributed by atoms with E-state index >= 15 is 0 Å². The standard InChI is InChI=1S/C12H12F3NO2/c13-12(14,15)7-18-11(17)16-10-6-5-8-3-1-2-4-9(8)10/h1-4,10H,5-7H2,(H,16,17). The second-order valence-electron chi connectivity index (χ2n) is 4.13. The Morgan fingerprint density at radius 1 is 1.39 bits per heavy atom. The third kappa shape index (κ3) is 3.15. The van der Waals surface area contributed by atoms with Gasteiger partial charge in [0.05, 0.1) is 6.04 Å². The molecule has 0 radical (unpaired) electrons. The summed E-state index contributed by atoms with van der Waals surface area (Å²) in [6, 6.07) is 7.26. The first kappa shape index (κ1) is 12.7. The molecule has 1 unspecified atom stereocenters. The molecule has 1 aliphatic rings. The lowest BCUT2D eigenvalue weighted by Gasteiger charge is -2.14. The summed E-state index contributed by atoms with van der Waals surface area (Å²) in [4.78, 5) is 11.2. The summed E-state index contributed by atoms with van der Waals surface area (Å²) in [5.74, 6) is 0. The minimum atomic E-state index is -4.50. The number of rotatable bonds is 2. The van der Waals surface area contributed by atoms with E-state index in [2.05, 4.69) is 10.1 Å². The molecule has 1 atom stereocenters. The third-order valence-electron chi connectivity index (χ3n) is 2.79. The van der Waals surface area contributed by atoms with Gasteiger partial charge in [-0.3, -0.25) is 0 Å². The number of amides is 1. The minimum Gasteiger partial charge on any atom is -0.440 e. The van der Waals surface area contributed by atoms with E-state index in [1.807, 2.05) is 24.3 Å². The lowest BCUT2D eigenvalue weighted by molar-refractivity contribution is -0.160. The molecule has 0 saturated carbocycles. The first-order valence-electron chi connectivity index (χ1n) is 5.53. The molecular weight excluding hydrogens is 247 g/mol. The van der Waals surface area contributed by atoms with Gasteiger partial charge in [-0.1, -0.05) is 24.3 Å². The van der Waals surface area contributed by atoms with E-state index in [0.29, 0.717) is 6.42 Å². The Balaban J connectivity index is 1.90. The molecule has 98 valence electrons. The average Bonchev–Trinajstić information content (AvgIpc) is 2.70. The largest absolute Gasteiger partial charge is 0.440 e. The summed E-state index contributed by atoms with van der Waals surface area (Å²) in [5, 5.41) is 2.45. The van der Waals surface area contributed by atoms with Crippen LogP contribution in [0.3, 0.4) is 0 Å². The predicted octanol–water partition coefficient (Wildman–Crippen LogP) is 2.96. The molecule has 0 bridgehead atoms. The number of benzene rings is 1. The van der Waals surface area contributed by atoms with E-state index in [9.17, 15) is 18.0 Å². The van der Waals surface area contributed by atoms with Crippen molar-refractivity contribution in [1.29, 1.82) is 0 Å². The highest BCUT2D eigenvalue weighted by molar-refractivity contribution is 5.68. The number of halogens is 3. The Kier molecular flexibility index (Phi) is 3.45. The number of carbonyl (C=O) groups is 1. The molecule has 1 amide bonds. The van der Waals surface area contributed by atoms with Crippen molar-refractivity contribution in [1.82, 2.24) is 5.32 Å². The molecule has 3 nitrogen and oxygen atoms in total. The average molecular weight is 259 g/mol. The Labute approximate surface area is 102 Å². The number of nitrogens with one attached hydrogen (secondary N) is 1. The molecule has 0 aromatic heterocycles. The Morgan fingerprint density at radius 2 is 2.11 bits per heavy atom. The molecule has 0 heterocycles. The van der Waals surface area contributed by atoms with Gasteiger partial charge in [0.15, 0.2) is 6.61 Å². The van der Waals surface area contributed by atoms with E-state index in [0.717, 1.165) is 17.5 Å². The molecule has 0 spiro atoms. The molecular formula is C12H12F3NO2. The highest BCUT2D eigenvalue weighted by atomic mass is 19.4. The number of fused-ring (bicyclic) bond motifs is 1. The summed E-state index contributed by atoms with van der Waals surface area (Å²) in [7, 11) is 0. The van der Waals surface area contributed by atoms with Gasteiger partial charge in [0, 0.05) is 0 Å². The lowest BCUT2D eigenvalue weighted by Crippen LogP contribution is -2.31. The van der Waals surface area contributed by atoms with Crippen LogP contribution in [-0.4, -0.2) is 18.9 Å². The first-order chi connectivity index (χ1) is 8.46. The van der Waals surface area contributed by atoms with Gasteiger partial charge >= 0.3 is 12.3 Å². The van der Waals surface area contributed by atoms with Crippen LogP contribution in [0.4, 0.5) is 18.0 Å². The molecule has 1 N–H and O–H groups in total. The lowest BCUT2D eigenvalue weighted by atomic mass is 10.1. The zero-order valence-electron chi connectivity index (χ0n) is 9.46. The van der Waals surface area contributed by atoms with Crippen molar-refractivity contribution in [2.45, 2.75) is 25.1 Å². The van der Waals surface area contributed by atoms with Crippen LogP contribution in [0.15, 0.2) is 24.3 Å². The molecule has 6 heteroatoms. The Morgan fingerprint density at radius 3 is 2.83 bits per heavy atom. The highest BCUT2D eigenvalue weighted by Crippen LogP contribution is 2.30. The van der Waals surface area contributed by atoms with Crippen molar-refractivity contribution in [3.8, 4) is 0 Å². The van der Waals surface area contributed by atoms with Crippen molar-refractivity contribution < 1.29 is 22.7 Å². The van der Waals surface area contributed by atoms with Crippen LogP contribution >= 0.6 is 0 Å². The van der Waals surface area contributed by atoms with Gasteiger partial charge in [0.1, 0.15) is 0 Å². The van der Waals surface area contributed by atoms with Crippen molar-refractivity contribution in [2.24, 2.45) is 0 Å². The summed E-state index contributed by atoms with van der Waals surface area (Å²) < 4.78 is 39.7. The van der Waals surface area contributed by atoms with Gasteiger partial charge in [0.2, 0.25) is 0 Å². The van der Waals surface area contributed by atoms with Crippen molar-refractivity contribution in [3.63, 3.8) is 0 Å². The number of hydrogen-bond acceptors (Lipinski definition) is 2. The second kappa shape index (κ2) is 4.88. The Hall–Kier alpha value is -1.72. The van der Waals surface area contributed by atoms with Crippen molar-refractivity contribution >= 4 is 6.09 Å². The van der Waals surface area contributed by atoms with Crippen molar-refractivity contribution in [3.05, 3.63) is 35.4 Å². The molecule has 0 fully saturated rings. The zero-order chi connectivity index (χ0) is 13.2. The molecule has 2 rings (SSSR count). The molecule has 0 saturated heterocycles. The van der Waals surface area contributed by atoms with Crippen LogP contribution < -0.4 is 5.32 Å². The number of carbonyl (C=O) groups excluding carboxylic acids is 1. The summed E-state index contributed by atoms with van der Waals surface area (Å²) >= 11 is 0. The van der Waals surface area contributed by atoms with Crippen LogP contribution in [0.2, 0.25) is 0 Å². The predicted molar refractivity (Wildman–Crippen MR) is 58.0 cm³/mol. The highest BCUT2D eigenvalue weighted by Gasteiger charge is 2.30. The number of alkyl halides is 3. The molecule has 0 aliphatic heterocycles. The third-order valence-corrected chi connectivity index (χ3v) is 2.79. The van der Waals surface area contributed by atoms with E-state index in [4.69, 9.17) is 0 Å². The summed E-state index contributed by atoms with van der Waals surface area (Å²) in [5.41, 5.74) is 2.06. The molecule has 18 heavy (non-hydrogen) atoms. The summed E-state index contributed by atoms with van der Waals surface area (Å²) in [6.07, 6.45) is -4.04. The van der Waals surface area contributed by atoms with Gasteiger partial charge in [-0.15, -0.1) is 0 Å². The van der Waals surface area contributed by atoms with Crippen LogP contribution in [0.1, 0.15) is 23.6 Å². The maximum Gasteiger partial charge on any atom is 0.422 e. The maximum atomic E-state index is 11.9. The molecule has 1 aromatic carbocycles. The van der Waals surface area contributed by atoms with Gasteiger partial charge in [0.25, 0.3) is 0 Å². The maximum absolute atomic E-state index is 11.9. The topological polar surface area (TPSA) is 38.3 Å². The van der Waals surface area contributed by atoms with E-state index < -0.39 is 18.9 Å². The molecule has 1 aliphatic carbocycles. The van der Waals surface area contributed by atoms with Gasteiger partial charge in [-0.05, 0) is 24.0 Å². The fourth-order valence-electron chi connectivity index (χ4n) is 2.04. The first-order valence-corrected chi connectivity index (χ1v) is 5.53. The smallest absolute Gasteiger partial charge is 0.422 e.